The predicted octanol–water partition coefficient (Wildman–Crippen LogP) is 2.23. The molecule has 0 unspecified atom stereocenters. The Hall–Kier alpha value is -1.36. The van der Waals surface area contributed by atoms with Crippen LogP contribution in [0.3, 0.4) is 0 Å². The molecule has 0 spiro atoms. The van der Waals surface area contributed by atoms with Gasteiger partial charge in [-0.1, -0.05) is 6.92 Å². The van der Waals surface area contributed by atoms with Crippen LogP contribution in [0.5, 0.6) is 5.88 Å². The van der Waals surface area contributed by atoms with Crippen LogP contribution in [0.1, 0.15) is 33.0 Å². The van der Waals surface area contributed by atoms with Gasteiger partial charge < -0.3 is 14.8 Å². The Bertz CT molecular complexity index is 305. The first kappa shape index (κ1) is 13.7. The van der Waals surface area contributed by atoms with Crippen LogP contribution < -0.4 is 10.1 Å². The highest BCUT2D eigenvalue weighted by Crippen LogP contribution is 2.14. The molecule has 0 atom stereocenters. The fraction of sp³-hybridized carbons (Fsp3) is 0.667. The third-order valence-electron chi connectivity index (χ3n) is 2.00. The molecule has 0 saturated heterocycles. The minimum atomic E-state index is 0.415. The molecular formula is C12H21N3O2. The quantitative estimate of drug-likeness (QED) is 0.754. The number of rotatable bonds is 8. The SMILES string of the molecule is CCCOc1cc(NCC)nc(COCC)n1. The highest BCUT2D eigenvalue weighted by molar-refractivity contribution is 5.38. The van der Waals surface area contributed by atoms with Crippen LogP contribution in [0.2, 0.25) is 0 Å². The smallest absolute Gasteiger partial charge is 0.218 e. The van der Waals surface area contributed by atoms with Crippen molar-refractivity contribution in [3.63, 3.8) is 0 Å². The Morgan fingerprint density at radius 1 is 1.24 bits per heavy atom. The van der Waals surface area contributed by atoms with E-state index in [1.165, 1.54) is 0 Å². The van der Waals surface area contributed by atoms with Crippen LogP contribution >= 0.6 is 0 Å². The number of anilines is 1. The zero-order chi connectivity index (χ0) is 12.5. The number of nitrogens with one attached hydrogen (secondary N) is 1. The summed E-state index contributed by atoms with van der Waals surface area (Å²) < 4.78 is 10.8. The van der Waals surface area contributed by atoms with E-state index in [0.717, 1.165) is 18.8 Å². The van der Waals surface area contributed by atoms with Gasteiger partial charge in [-0.25, -0.2) is 4.98 Å². The zero-order valence-corrected chi connectivity index (χ0v) is 10.8. The minimum Gasteiger partial charge on any atom is -0.478 e. The molecule has 0 aliphatic heterocycles. The summed E-state index contributed by atoms with van der Waals surface area (Å²) in [6.07, 6.45) is 0.960. The molecule has 0 amide bonds. The maximum Gasteiger partial charge on any atom is 0.218 e. The normalized spacial score (nSPS) is 10.3. The van der Waals surface area contributed by atoms with E-state index in [1.807, 2.05) is 19.9 Å². The van der Waals surface area contributed by atoms with Crippen molar-refractivity contribution < 1.29 is 9.47 Å². The molecule has 17 heavy (non-hydrogen) atoms. The molecule has 96 valence electrons. The van der Waals surface area contributed by atoms with Crippen molar-refractivity contribution in [2.24, 2.45) is 0 Å². The average Bonchev–Trinajstić information content (AvgIpc) is 2.34. The molecular weight excluding hydrogens is 218 g/mol. The van der Waals surface area contributed by atoms with Gasteiger partial charge in [-0.2, -0.15) is 4.98 Å². The fourth-order valence-corrected chi connectivity index (χ4v) is 1.28. The minimum absolute atomic E-state index is 0.415. The van der Waals surface area contributed by atoms with Crippen LogP contribution in [0.4, 0.5) is 5.82 Å². The van der Waals surface area contributed by atoms with Crippen LogP contribution in [-0.2, 0) is 11.3 Å². The topological polar surface area (TPSA) is 56.3 Å². The molecule has 0 aliphatic rings. The summed E-state index contributed by atoms with van der Waals surface area (Å²) in [4.78, 5) is 8.63. The van der Waals surface area contributed by atoms with E-state index < -0.39 is 0 Å². The lowest BCUT2D eigenvalue weighted by molar-refractivity contribution is 0.127. The maximum atomic E-state index is 5.52. The van der Waals surface area contributed by atoms with Crippen LogP contribution in [0, 0.1) is 0 Å². The van der Waals surface area contributed by atoms with Gasteiger partial charge in [0.2, 0.25) is 5.88 Å². The molecule has 0 aromatic carbocycles. The molecule has 1 aromatic rings. The summed E-state index contributed by atoms with van der Waals surface area (Å²) in [5.41, 5.74) is 0. The van der Waals surface area contributed by atoms with E-state index in [-0.39, 0.29) is 0 Å². The number of aromatic nitrogens is 2. The zero-order valence-electron chi connectivity index (χ0n) is 10.8. The average molecular weight is 239 g/mol. The summed E-state index contributed by atoms with van der Waals surface area (Å²) in [5, 5.41) is 3.15. The number of ether oxygens (including phenoxy) is 2. The summed E-state index contributed by atoms with van der Waals surface area (Å²) in [5.74, 6) is 2.03. The lowest BCUT2D eigenvalue weighted by Gasteiger charge is -2.09. The van der Waals surface area contributed by atoms with Gasteiger partial charge in [0.05, 0.1) is 6.61 Å². The predicted molar refractivity (Wildman–Crippen MR) is 67.3 cm³/mol. The molecule has 0 aliphatic carbocycles. The van der Waals surface area contributed by atoms with E-state index in [2.05, 4.69) is 22.2 Å². The summed E-state index contributed by atoms with van der Waals surface area (Å²) >= 11 is 0. The maximum absolute atomic E-state index is 5.52. The summed E-state index contributed by atoms with van der Waals surface area (Å²) in [6, 6.07) is 1.81. The van der Waals surface area contributed by atoms with Crippen LogP contribution in [-0.4, -0.2) is 29.7 Å². The molecule has 0 saturated carbocycles. The summed E-state index contributed by atoms with van der Waals surface area (Å²) in [6.45, 7) is 8.58. The molecule has 1 N–H and O–H groups in total. The Balaban J connectivity index is 2.76. The third kappa shape index (κ3) is 4.99. The van der Waals surface area contributed by atoms with Gasteiger partial charge in [-0.05, 0) is 20.3 Å². The van der Waals surface area contributed by atoms with Gasteiger partial charge in [-0.15, -0.1) is 0 Å². The van der Waals surface area contributed by atoms with Gasteiger partial charge in [0.15, 0.2) is 5.82 Å². The number of nitrogens with zero attached hydrogens (tertiary/aromatic N) is 2. The molecule has 5 heteroatoms. The van der Waals surface area contributed by atoms with E-state index in [4.69, 9.17) is 9.47 Å². The van der Waals surface area contributed by atoms with Crippen molar-refractivity contribution in [2.75, 3.05) is 25.1 Å². The Morgan fingerprint density at radius 2 is 2.06 bits per heavy atom. The van der Waals surface area contributed by atoms with Crippen molar-refractivity contribution in [3.05, 3.63) is 11.9 Å². The molecule has 5 nitrogen and oxygen atoms in total. The fourth-order valence-electron chi connectivity index (χ4n) is 1.28. The second kappa shape index (κ2) is 7.84. The second-order valence-electron chi connectivity index (χ2n) is 3.52. The number of hydrogen-bond acceptors (Lipinski definition) is 5. The van der Waals surface area contributed by atoms with Gasteiger partial charge in [0.1, 0.15) is 12.4 Å². The van der Waals surface area contributed by atoms with Crippen molar-refractivity contribution in [3.8, 4) is 5.88 Å². The van der Waals surface area contributed by atoms with Crippen molar-refractivity contribution >= 4 is 5.82 Å². The van der Waals surface area contributed by atoms with Crippen molar-refractivity contribution in [1.29, 1.82) is 0 Å². The molecule has 1 aromatic heterocycles. The molecule has 0 radical (unpaired) electrons. The monoisotopic (exact) mass is 239 g/mol. The molecule has 1 heterocycles. The van der Waals surface area contributed by atoms with E-state index in [1.54, 1.807) is 0 Å². The molecule has 0 fully saturated rings. The Kier molecular flexibility index (Phi) is 6.32. The van der Waals surface area contributed by atoms with Crippen LogP contribution in [0.15, 0.2) is 6.07 Å². The number of hydrogen-bond donors (Lipinski definition) is 1. The third-order valence-corrected chi connectivity index (χ3v) is 2.00. The highest BCUT2D eigenvalue weighted by atomic mass is 16.5. The van der Waals surface area contributed by atoms with Gasteiger partial charge in [-0.3, -0.25) is 0 Å². The Morgan fingerprint density at radius 3 is 2.71 bits per heavy atom. The summed E-state index contributed by atoms with van der Waals surface area (Å²) in [7, 11) is 0. The van der Waals surface area contributed by atoms with Gasteiger partial charge in [0.25, 0.3) is 0 Å². The molecule has 1 rings (SSSR count). The van der Waals surface area contributed by atoms with E-state index in [9.17, 15) is 0 Å². The lowest BCUT2D eigenvalue weighted by Crippen LogP contribution is -2.07. The molecule has 0 bridgehead atoms. The van der Waals surface area contributed by atoms with E-state index >= 15 is 0 Å². The van der Waals surface area contributed by atoms with Gasteiger partial charge in [0, 0.05) is 19.2 Å². The lowest BCUT2D eigenvalue weighted by atomic mass is 10.5. The van der Waals surface area contributed by atoms with Gasteiger partial charge >= 0.3 is 0 Å². The largest absolute Gasteiger partial charge is 0.478 e. The van der Waals surface area contributed by atoms with Crippen molar-refractivity contribution in [2.45, 2.75) is 33.8 Å². The Labute approximate surface area is 103 Å². The standard InChI is InChI=1S/C12H21N3O2/c1-4-7-17-12-8-10(13-5-2)14-11(15-12)9-16-6-3/h8H,4-7,9H2,1-3H3,(H,13,14,15). The first-order valence-corrected chi connectivity index (χ1v) is 6.12. The highest BCUT2D eigenvalue weighted by Gasteiger charge is 2.05. The first-order valence-electron chi connectivity index (χ1n) is 6.12. The first-order chi connectivity index (χ1) is 8.30. The van der Waals surface area contributed by atoms with E-state index in [0.29, 0.717) is 31.5 Å². The second-order valence-corrected chi connectivity index (χ2v) is 3.52. The van der Waals surface area contributed by atoms with Crippen molar-refractivity contribution in [1.82, 2.24) is 9.97 Å². The van der Waals surface area contributed by atoms with Crippen LogP contribution in [0.25, 0.3) is 0 Å².